The van der Waals surface area contributed by atoms with Crippen molar-refractivity contribution in [1.82, 2.24) is 0 Å². The summed E-state index contributed by atoms with van der Waals surface area (Å²) in [5, 5.41) is 11.2. The van der Waals surface area contributed by atoms with Gasteiger partial charge in [-0.25, -0.2) is 0 Å². The van der Waals surface area contributed by atoms with Crippen molar-refractivity contribution in [2.75, 3.05) is 0 Å². The van der Waals surface area contributed by atoms with Gasteiger partial charge in [0.1, 0.15) is 17.3 Å². The Balaban J connectivity index is 0.000000149. The maximum atomic E-state index is 12.0. The van der Waals surface area contributed by atoms with E-state index in [1.807, 2.05) is 48.5 Å². The molecule has 0 fully saturated rings. The molecule has 0 aliphatic rings. The van der Waals surface area contributed by atoms with Crippen LogP contribution in [0, 0.1) is 0 Å². The van der Waals surface area contributed by atoms with Crippen molar-refractivity contribution in [1.29, 1.82) is 0 Å². The first-order valence-corrected chi connectivity index (χ1v) is 9.88. The lowest BCUT2D eigenvalue weighted by molar-refractivity contribution is 0.0747. The average molecular weight is 408 g/mol. The molecule has 0 amide bonds. The minimum atomic E-state index is -1.08. The largest absolute Gasteiger partial charge is 0.456 e. The first-order valence-electron chi connectivity index (χ1n) is 9.88. The topological polar surface area (TPSA) is 67.5 Å². The summed E-state index contributed by atoms with van der Waals surface area (Å²) in [6.45, 7) is 0. The molecule has 1 unspecified atom stereocenters. The Kier molecular flexibility index (Phi) is 6.01. The smallest absolute Gasteiger partial charge is 0.200 e. The van der Waals surface area contributed by atoms with Crippen molar-refractivity contribution < 1.29 is 14.3 Å². The standard InChI is InChI=1S/C14H12O2.C13H8O2/c15-13(11-7-3-1-4-8-11)14(16)12-9-5-2-6-10-12;14-13-9-5-1-3-7-11(9)15-12-8-4-2-6-10(12)13/h1-10,13,15H;1-8H. The second-order valence-corrected chi connectivity index (χ2v) is 6.97. The van der Waals surface area contributed by atoms with Crippen molar-refractivity contribution in [3.8, 4) is 0 Å². The Morgan fingerprint density at radius 2 is 1.10 bits per heavy atom. The molecule has 0 radical (unpaired) electrons. The van der Waals surface area contributed by atoms with Crippen LogP contribution in [0.25, 0.3) is 21.9 Å². The monoisotopic (exact) mass is 408 g/mol. The number of hydrogen-bond acceptors (Lipinski definition) is 4. The highest BCUT2D eigenvalue weighted by atomic mass is 16.3. The first-order chi connectivity index (χ1) is 15.1. The number of fused-ring (bicyclic) bond motifs is 2. The molecule has 1 heterocycles. The predicted octanol–water partition coefficient (Wildman–Crippen LogP) is 5.55. The van der Waals surface area contributed by atoms with E-state index >= 15 is 0 Å². The van der Waals surface area contributed by atoms with Crippen LogP contribution in [-0.2, 0) is 0 Å². The molecule has 0 bridgehead atoms. The summed E-state index contributed by atoms with van der Waals surface area (Å²) in [5.74, 6) is -0.271. The van der Waals surface area contributed by atoms with Gasteiger partial charge in [0.15, 0.2) is 5.78 Å². The van der Waals surface area contributed by atoms with Crippen molar-refractivity contribution in [2.45, 2.75) is 6.10 Å². The van der Waals surface area contributed by atoms with E-state index in [2.05, 4.69) is 0 Å². The van der Waals surface area contributed by atoms with Crippen molar-refractivity contribution >= 4 is 27.7 Å². The minimum Gasteiger partial charge on any atom is -0.456 e. The van der Waals surface area contributed by atoms with Crippen LogP contribution in [0.4, 0.5) is 0 Å². The number of aliphatic hydroxyl groups is 1. The Morgan fingerprint density at radius 1 is 0.645 bits per heavy atom. The molecule has 1 N–H and O–H groups in total. The molecule has 4 nitrogen and oxygen atoms in total. The highest BCUT2D eigenvalue weighted by Crippen LogP contribution is 2.18. The lowest BCUT2D eigenvalue weighted by Gasteiger charge is -2.09. The molecule has 0 saturated carbocycles. The van der Waals surface area contributed by atoms with E-state index < -0.39 is 6.10 Å². The molecule has 152 valence electrons. The molecule has 1 atom stereocenters. The summed E-state index contributed by atoms with van der Waals surface area (Å²) in [6, 6.07) is 32.3. The summed E-state index contributed by atoms with van der Waals surface area (Å²) < 4.78 is 5.63. The number of carbonyl (C=O) groups excluding carboxylic acids is 1. The van der Waals surface area contributed by atoms with E-state index in [-0.39, 0.29) is 11.2 Å². The Labute approximate surface area is 179 Å². The molecule has 4 heteroatoms. The van der Waals surface area contributed by atoms with Gasteiger partial charge >= 0.3 is 0 Å². The highest BCUT2D eigenvalue weighted by molar-refractivity contribution is 5.99. The molecule has 0 aliphatic heterocycles. The van der Waals surface area contributed by atoms with E-state index in [0.29, 0.717) is 33.1 Å². The van der Waals surface area contributed by atoms with Gasteiger partial charge in [0.05, 0.1) is 10.8 Å². The predicted molar refractivity (Wildman–Crippen MR) is 122 cm³/mol. The second-order valence-electron chi connectivity index (χ2n) is 6.97. The lowest BCUT2D eigenvalue weighted by atomic mass is 10.0. The molecule has 5 rings (SSSR count). The van der Waals surface area contributed by atoms with Crippen LogP contribution >= 0.6 is 0 Å². The summed E-state index contributed by atoms with van der Waals surface area (Å²) in [5.41, 5.74) is 2.46. The van der Waals surface area contributed by atoms with Gasteiger partial charge in [0.25, 0.3) is 0 Å². The molecule has 5 aromatic rings. The Morgan fingerprint density at radius 3 is 1.65 bits per heavy atom. The van der Waals surface area contributed by atoms with Gasteiger partial charge in [-0.15, -0.1) is 0 Å². The number of ketones is 1. The molecule has 1 aromatic heterocycles. The van der Waals surface area contributed by atoms with E-state index in [0.717, 1.165) is 0 Å². The van der Waals surface area contributed by atoms with Crippen LogP contribution in [0.15, 0.2) is 118 Å². The van der Waals surface area contributed by atoms with E-state index in [4.69, 9.17) is 4.42 Å². The van der Waals surface area contributed by atoms with Gasteiger partial charge in [-0.2, -0.15) is 0 Å². The molecule has 0 spiro atoms. The van der Waals surface area contributed by atoms with Gasteiger partial charge in [-0.1, -0.05) is 84.9 Å². The van der Waals surface area contributed by atoms with Crippen molar-refractivity contribution in [2.24, 2.45) is 0 Å². The SMILES string of the molecule is O=C(c1ccccc1)C(O)c1ccccc1.O=c1c2ccccc2oc2ccccc12. The number of aliphatic hydroxyl groups excluding tert-OH is 1. The number of Topliss-reactive ketones (excluding diaryl/α,β-unsaturated/α-hetero) is 1. The number of para-hydroxylation sites is 2. The van der Waals surface area contributed by atoms with Gasteiger partial charge in [-0.05, 0) is 29.8 Å². The molecular weight excluding hydrogens is 388 g/mol. The average Bonchev–Trinajstić information content (AvgIpc) is 2.85. The van der Waals surface area contributed by atoms with Crippen LogP contribution < -0.4 is 5.43 Å². The zero-order chi connectivity index (χ0) is 21.6. The van der Waals surface area contributed by atoms with Crippen LogP contribution in [-0.4, -0.2) is 10.9 Å². The molecule has 0 aliphatic carbocycles. The summed E-state index contributed by atoms with van der Waals surface area (Å²) >= 11 is 0. The third-order valence-corrected chi connectivity index (χ3v) is 4.91. The summed E-state index contributed by atoms with van der Waals surface area (Å²) in [6.07, 6.45) is -1.08. The first kappa shape index (κ1) is 20.3. The van der Waals surface area contributed by atoms with Gasteiger partial charge in [0, 0.05) is 5.56 Å². The maximum Gasteiger partial charge on any atom is 0.200 e. The summed E-state index contributed by atoms with van der Waals surface area (Å²) in [4.78, 5) is 23.9. The third-order valence-electron chi connectivity index (χ3n) is 4.91. The fourth-order valence-electron chi connectivity index (χ4n) is 3.30. The van der Waals surface area contributed by atoms with Crippen LogP contribution in [0.3, 0.4) is 0 Å². The Hall–Kier alpha value is -4.02. The van der Waals surface area contributed by atoms with Crippen LogP contribution in [0.2, 0.25) is 0 Å². The van der Waals surface area contributed by atoms with Gasteiger partial charge < -0.3 is 9.52 Å². The van der Waals surface area contributed by atoms with E-state index in [9.17, 15) is 14.7 Å². The van der Waals surface area contributed by atoms with E-state index in [1.165, 1.54) is 0 Å². The molecular formula is C27H20O4. The number of rotatable bonds is 3. The zero-order valence-corrected chi connectivity index (χ0v) is 16.6. The summed E-state index contributed by atoms with van der Waals surface area (Å²) in [7, 11) is 0. The maximum absolute atomic E-state index is 12.0. The van der Waals surface area contributed by atoms with Gasteiger partial charge in [0.2, 0.25) is 5.43 Å². The number of benzene rings is 4. The quantitative estimate of drug-likeness (QED) is 0.314. The van der Waals surface area contributed by atoms with Crippen LogP contribution in [0.1, 0.15) is 22.0 Å². The zero-order valence-electron chi connectivity index (χ0n) is 16.6. The van der Waals surface area contributed by atoms with Gasteiger partial charge in [-0.3, -0.25) is 9.59 Å². The Bertz CT molecular complexity index is 1320. The molecule has 0 saturated heterocycles. The van der Waals surface area contributed by atoms with Crippen molar-refractivity contribution in [3.63, 3.8) is 0 Å². The second kappa shape index (κ2) is 9.20. The molecule has 31 heavy (non-hydrogen) atoms. The molecule has 4 aromatic carbocycles. The highest BCUT2D eigenvalue weighted by Gasteiger charge is 2.18. The minimum absolute atomic E-state index is 0.0347. The van der Waals surface area contributed by atoms with E-state index in [1.54, 1.807) is 60.7 Å². The lowest BCUT2D eigenvalue weighted by Crippen LogP contribution is -2.11. The van der Waals surface area contributed by atoms with Crippen LogP contribution in [0.5, 0.6) is 0 Å². The number of carbonyl (C=O) groups is 1. The normalized spacial score (nSPS) is 11.5. The number of hydrogen-bond donors (Lipinski definition) is 1. The third kappa shape index (κ3) is 4.44. The fraction of sp³-hybridized carbons (Fsp3) is 0.0370. The fourth-order valence-corrected chi connectivity index (χ4v) is 3.30. The van der Waals surface area contributed by atoms with Crippen molar-refractivity contribution in [3.05, 3.63) is 131 Å².